The molecule has 0 unspecified atom stereocenters. The number of anilines is 1. The van der Waals surface area contributed by atoms with Gasteiger partial charge in [-0.2, -0.15) is 0 Å². The van der Waals surface area contributed by atoms with Crippen LogP contribution in [-0.2, 0) is 4.74 Å². The van der Waals surface area contributed by atoms with Gasteiger partial charge in [-0.15, -0.1) is 0 Å². The maximum atomic E-state index is 12.5. The molecule has 4 rings (SSSR count). The van der Waals surface area contributed by atoms with Gasteiger partial charge in [0, 0.05) is 19.6 Å². The smallest absolute Gasteiger partial charge is 0.488 e. The van der Waals surface area contributed by atoms with Gasteiger partial charge in [0.1, 0.15) is 30.1 Å². The first-order valence-electron chi connectivity index (χ1n) is 9.25. The average molecular weight is 386 g/mol. The van der Waals surface area contributed by atoms with Gasteiger partial charge in [0.15, 0.2) is 0 Å². The van der Waals surface area contributed by atoms with Crippen molar-refractivity contribution in [1.29, 1.82) is 0 Å². The van der Waals surface area contributed by atoms with Crippen molar-refractivity contribution in [2.45, 2.75) is 32.4 Å². The van der Waals surface area contributed by atoms with Crippen molar-refractivity contribution in [1.82, 2.24) is 14.9 Å². The van der Waals surface area contributed by atoms with E-state index in [4.69, 9.17) is 9.47 Å². The van der Waals surface area contributed by atoms with E-state index in [0.717, 1.165) is 11.2 Å². The van der Waals surface area contributed by atoms with Gasteiger partial charge in [-0.25, -0.2) is 14.8 Å². The first-order chi connectivity index (χ1) is 13.2. The molecule has 0 saturated carbocycles. The number of amides is 1. The van der Waals surface area contributed by atoms with Crippen molar-refractivity contribution in [3.05, 3.63) is 18.5 Å². The molecule has 2 aliphatic heterocycles. The van der Waals surface area contributed by atoms with E-state index >= 15 is 0 Å². The lowest BCUT2D eigenvalue weighted by atomic mass is 9.79. The molecule has 148 valence electrons. The standard InChI is InChI=1S/C18H23BN4O5/c1-18(2,3)28-17(24)22-4-5-23-12(8-22)9-27-14-7-11(19(25)26)6-13-15(14)16(23)21-10-20-13/h6-7,10,12,25-26H,4-5,8-9H2,1-3H3/t12-/m0/s1. The van der Waals surface area contributed by atoms with E-state index in [1.54, 1.807) is 17.0 Å². The quantitative estimate of drug-likeness (QED) is 0.666. The molecule has 2 N–H and O–H groups in total. The molecule has 0 aliphatic carbocycles. The van der Waals surface area contributed by atoms with Crippen LogP contribution in [0.3, 0.4) is 0 Å². The molecule has 2 aromatic rings. The third-order valence-electron chi connectivity index (χ3n) is 4.84. The average Bonchev–Trinajstić information content (AvgIpc) is 2.78. The number of hydrogen-bond donors (Lipinski definition) is 2. The summed E-state index contributed by atoms with van der Waals surface area (Å²) in [6, 6.07) is 3.12. The summed E-state index contributed by atoms with van der Waals surface area (Å²) in [5, 5.41) is 19.8. The number of ether oxygens (including phenoxy) is 2. The number of nitrogens with zero attached hydrogens (tertiary/aromatic N) is 4. The van der Waals surface area contributed by atoms with Crippen molar-refractivity contribution in [3.63, 3.8) is 0 Å². The van der Waals surface area contributed by atoms with E-state index in [1.165, 1.54) is 6.33 Å². The fourth-order valence-corrected chi connectivity index (χ4v) is 3.59. The minimum Gasteiger partial charge on any atom is -0.491 e. The second kappa shape index (κ2) is 6.79. The highest BCUT2D eigenvalue weighted by atomic mass is 16.6. The number of rotatable bonds is 1. The van der Waals surface area contributed by atoms with Gasteiger partial charge >= 0.3 is 13.2 Å². The summed E-state index contributed by atoms with van der Waals surface area (Å²) >= 11 is 0. The van der Waals surface area contributed by atoms with Gasteiger partial charge < -0.3 is 29.3 Å². The van der Waals surface area contributed by atoms with Crippen LogP contribution in [0.15, 0.2) is 18.5 Å². The highest BCUT2D eigenvalue weighted by Gasteiger charge is 2.36. The lowest BCUT2D eigenvalue weighted by Gasteiger charge is -2.41. The predicted octanol–water partition coefficient (Wildman–Crippen LogP) is 0.128. The molecule has 1 fully saturated rings. The first kappa shape index (κ1) is 18.8. The normalized spacial score (nSPS) is 19.0. The number of hydrogen-bond acceptors (Lipinski definition) is 8. The Morgan fingerprint density at radius 1 is 1.29 bits per heavy atom. The van der Waals surface area contributed by atoms with Crippen LogP contribution in [0.25, 0.3) is 10.9 Å². The Balaban J connectivity index is 1.65. The third-order valence-corrected chi connectivity index (χ3v) is 4.84. The van der Waals surface area contributed by atoms with Crippen molar-refractivity contribution in [3.8, 4) is 5.75 Å². The van der Waals surface area contributed by atoms with Crippen molar-refractivity contribution in [2.24, 2.45) is 0 Å². The van der Waals surface area contributed by atoms with Crippen molar-refractivity contribution >= 4 is 35.4 Å². The van der Waals surface area contributed by atoms with E-state index in [9.17, 15) is 14.8 Å². The fourth-order valence-electron chi connectivity index (χ4n) is 3.59. The minimum atomic E-state index is -1.61. The number of benzene rings is 1. The van der Waals surface area contributed by atoms with Crippen LogP contribution in [0.2, 0.25) is 0 Å². The summed E-state index contributed by atoms with van der Waals surface area (Å²) in [4.78, 5) is 25.0. The Kier molecular flexibility index (Phi) is 4.55. The lowest BCUT2D eigenvalue weighted by molar-refractivity contribution is 0.0202. The molecule has 1 aromatic heterocycles. The monoisotopic (exact) mass is 386 g/mol. The highest BCUT2D eigenvalue weighted by Crippen LogP contribution is 2.36. The van der Waals surface area contributed by atoms with E-state index in [-0.39, 0.29) is 12.1 Å². The third kappa shape index (κ3) is 3.45. The van der Waals surface area contributed by atoms with Crippen molar-refractivity contribution < 1.29 is 24.3 Å². The Morgan fingerprint density at radius 3 is 2.79 bits per heavy atom. The SMILES string of the molecule is CC(C)(C)OC(=O)N1CCN2c3ncnc4cc(B(O)O)cc(c34)OC[C@@H]2C1. The molecule has 9 nitrogen and oxygen atoms in total. The number of carbonyl (C=O) groups is 1. The second-order valence-corrected chi connectivity index (χ2v) is 8.07. The molecular weight excluding hydrogens is 363 g/mol. The van der Waals surface area contributed by atoms with Gasteiger partial charge in [0.2, 0.25) is 0 Å². The van der Waals surface area contributed by atoms with Crippen LogP contribution in [-0.4, -0.2) is 76.0 Å². The van der Waals surface area contributed by atoms with Gasteiger partial charge in [-0.3, -0.25) is 0 Å². The maximum absolute atomic E-state index is 12.5. The maximum Gasteiger partial charge on any atom is 0.488 e. The Morgan fingerprint density at radius 2 is 2.07 bits per heavy atom. The topological polar surface area (TPSA) is 108 Å². The molecule has 0 bridgehead atoms. The second-order valence-electron chi connectivity index (χ2n) is 8.07. The van der Waals surface area contributed by atoms with E-state index < -0.39 is 12.7 Å². The van der Waals surface area contributed by atoms with Crippen LogP contribution in [0, 0.1) is 0 Å². The zero-order valence-corrected chi connectivity index (χ0v) is 16.1. The van der Waals surface area contributed by atoms with Crippen LogP contribution >= 0.6 is 0 Å². The van der Waals surface area contributed by atoms with Gasteiger partial charge in [0.25, 0.3) is 0 Å². The zero-order valence-electron chi connectivity index (χ0n) is 16.1. The largest absolute Gasteiger partial charge is 0.491 e. The lowest BCUT2D eigenvalue weighted by Crippen LogP contribution is -2.57. The van der Waals surface area contributed by atoms with Crippen molar-refractivity contribution in [2.75, 3.05) is 31.1 Å². The van der Waals surface area contributed by atoms with E-state index in [0.29, 0.717) is 43.0 Å². The number of piperazine rings is 1. The summed E-state index contributed by atoms with van der Waals surface area (Å²) in [5.74, 6) is 1.24. The number of carbonyl (C=O) groups excluding carboxylic acids is 1. The molecule has 3 heterocycles. The summed E-state index contributed by atoms with van der Waals surface area (Å²) in [7, 11) is -1.61. The molecule has 28 heavy (non-hydrogen) atoms. The number of fused-ring (bicyclic) bond motifs is 2. The Bertz CT molecular complexity index is 917. The van der Waals surface area contributed by atoms with Gasteiger partial charge in [-0.1, -0.05) is 0 Å². The van der Waals surface area contributed by atoms with Crippen LogP contribution in [0.1, 0.15) is 20.8 Å². The zero-order chi connectivity index (χ0) is 20.1. The highest BCUT2D eigenvalue weighted by molar-refractivity contribution is 6.59. The molecule has 0 radical (unpaired) electrons. The summed E-state index contributed by atoms with van der Waals surface area (Å²) in [6.07, 6.45) is 1.12. The molecule has 1 saturated heterocycles. The van der Waals surface area contributed by atoms with Gasteiger partial charge in [-0.05, 0) is 38.4 Å². The molecule has 1 aromatic carbocycles. The molecule has 0 spiro atoms. The van der Waals surface area contributed by atoms with E-state index in [1.807, 2.05) is 20.8 Å². The summed E-state index contributed by atoms with van der Waals surface area (Å²) < 4.78 is 11.5. The predicted molar refractivity (Wildman–Crippen MR) is 104 cm³/mol. The van der Waals surface area contributed by atoms with E-state index in [2.05, 4.69) is 14.9 Å². The summed E-state index contributed by atoms with van der Waals surface area (Å²) in [6.45, 7) is 7.41. The Hall–Kier alpha value is -2.59. The van der Waals surface area contributed by atoms with Gasteiger partial charge in [0.05, 0.1) is 16.9 Å². The van der Waals surface area contributed by atoms with Crippen LogP contribution in [0.5, 0.6) is 5.75 Å². The van der Waals surface area contributed by atoms with Crippen LogP contribution < -0.4 is 15.1 Å². The summed E-state index contributed by atoms with van der Waals surface area (Å²) in [5.41, 5.74) is 0.341. The Labute approximate surface area is 163 Å². The minimum absolute atomic E-state index is 0.103. The fraction of sp³-hybridized carbons (Fsp3) is 0.500. The molecule has 10 heteroatoms. The molecular formula is C18H23BN4O5. The number of aromatic nitrogens is 2. The van der Waals surface area contributed by atoms with Crippen LogP contribution in [0.4, 0.5) is 10.6 Å². The molecule has 1 amide bonds. The molecule has 1 atom stereocenters. The first-order valence-corrected chi connectivity index (χ1v) is 9.25. The molecule has 2 aliphatic rings.